The maximum Gasteiger partial charge on any atom is 0.0833 e. The highest BCUT2D eigenvalue weighted by atomic mass is 16.3. The summed E-state index contributed by atoms with van der Waals surface area (Å²) in [7, 11) is 0. The van der Waals surface area contributed by atoms with Crippen molar-refractivity contribution in [2.24, 2.45) is 0 Å². The Bertz CT molecular complexity index is 410. The fourth-order valence-electron chi connectivity index (χ4n) is 2.70. The van der Waals surface area contributed by atoms with E-state index in [2.05, 4.69) is 24.8 Å². The second kappa shape index (κ2) is 6.01. The van der Waals surface area contributed by atoms with Crippen LogP contribution < -0.4 is 0 Å². The molecule has 1 N–H and O–H groups in total. The van der Waals surface area contributed by atoms with Gasteiger partial charge in [0.05, 0.1) is 5.60 Å². The number of aliphatic hydroxyl groups is 1. The van der Waals surface area contributed by atoms with Gasteiger partial charge in [0.2, 0.25) is 0 Å². The second-order valence-electron chi connectivity index (χ2n) is 5.19. The molecule has 0 atom stereocenters. The van der Waals surface area contributed by atoms with Crippen molar-refractivity contribution in [1.29, 1.82) is 0 Å². The van der Waals surface area contributed by atoms with E-state index in [1.807, 2.05) is 24.3 Å². The molecule has 0 saturated heterocycles. The lowest BCUT2D eigenvalue weighted by atomic mass is 9.82. The van der Waals surface area contributed by atoms with Crippen LogP contribution in [0.25, 0.3) is 5.57 Å². The Labute approximate surface area is 110 Å². The molecule has 2 rings (SSSR count). The van der Waals surface area contributed by atoms with Gasteiger partial charge in [0, 0.05) is 0 Å². The summed E-state index contributed by atoms with van der Waals surface area (Å²) < 4.78 is 0. The first-order chi connectivity index (χ1) is 8.73. The zero-order valence-corrected chi connectivity index (χ0v) is 10.9. The highest BCUT2D eigenvalue weighted by Crippen LogP contribution is 2.32. The number of hydrogen-bond donors (Lipinski definition) is 1. The van der Waals surface area contributed by atoms with Gasteiger partial charge in [-0.05, 0) is 36.5 Å². The van der Waals surface area contributed by atoms with Crippen molar-refractivity contribution in [2.75, 3.05) is 0 Å². The lowest BCUT2D eigenvalue weighted by Gasteiger charge is -2.30. The molecule has 1 fully saturated rings. The summed E-state index contributed by atoms with van der Waals surface area (Å²) in [6.45, 7) is 3.82. The van der Waals surface area contributed by atoms with Crippen molar-refractivity contribution in [3.05, 3.63) is 54.6 Å². The second-order valence-corrected chi connectivity index (χ2v) is 5.19. The molecule has 0 spiro atoms. The molecule has 0 aliphatic heterocycles. The highest BCUT2D eigenvalue weighted by Gasteiger charge is 2.27. The van der Waals surface area contributed by atoms with E-state index in [0.29, 0.717) is 0 Å². The maximum atomic E-state index is 10.6. The van der Waals surface area contributed by atoms with Gasteiger partial charge < -0.3 is 5.11 Å². The molecule has 0 radical (unpaired) electrons. The van der Waals surface area contributed by atoms with Crippen LogP contribution in [-0.4, -0.2) is 10.7 Å². The van der Waals surface area contributed by atoms with Gasteiger partial charge >= 0.3 is 0 Å². The first-order valence-electron chi connectivity index (χ1n) is 6.84. The van der Waals surface area contributed by atoms with E-state index >= 15 is 0 Å². The summed E-state index contributed by atoms with van der Waals surface area (Å²) in [5.74, 6) is 0. The van der Waals surface area contributed by atoms with Crippen LogP contribution in [0.3, 0.4) is 0 Å². The molecule has 0 amide bonds. The molecule has 0 heterocycles. The summed E-state index contributed by atoms with van der Waals surface area (Å²) in [5, 5.41) is 10.6. The van der Waals surface area contributed by atoms with E-state index in [4.69, 9.17) is 0 Å². The molecule has 18 heavy (non-hydrogen) atoms. The first kappa shape index (κ1) is 13.1. The van der Waals surface area contributed by atoms with Gasteiger partial charge in [0.1, 0.15) is 0 Å². The molecule has 1 aromatic carbocycles. The standard InChI is InChI=1S/C17H22O/c1-2-9-16(15-10-5-3-6-11-15)14-17(18)12-7-4-8-13-17/h2-3,5-6,10-11,14,18H,1,4,7-9,12-13H2/b16-14+. The average molecular weight is 242 g/mol. The predicted octanol–water partition coefficient (Wildman–Crippen LogP) is 4.34. The number of allylic oxidation sites excluding steroid dienone is 2. The maximum absolute atomic E-state index is 10.6. The number of benzene rings is 1. The summed E-state index contributed by atoms with van der Waals surface area (Å²) in [4.78, 5) is 0. The van der Waals surface area contributed by atoms with Gasteiger partial charge in [-0.15, -0.1) is 6.58 Å². The summed E-state index contributed by atoms with van der Waals surface area (Å²) in [6, 6.07) is 10.3. The average Bonchev–Trinajstić information content (AvgIpc) is 2.40. The lowest BCUT2D eigenvalue weighted by Crippen LogP contribution is -2.29. The zero-order valence-electron chi connectivity index (χ0n) is 10.9. The van der Waals surface area contributed by atoms with Crippen LogP contribution in [0.2, 0.25) is 0 Å². The molecule has 1 aliphatic carbocycles. The molecule has 0 unspecified atom stereocenters. The van der Waals surface area contributed by atoms with Crippen LogP contribution in [0.1, 0.15) is 44.1 Å². The van der Waals surface area contributed by atoms with E-state index in [1.54, 1.807) is 0 Å². The van der Waals surface area contributed by atoms with E-state index in [0.717, 1.165) is 32.1 Å². The Hall–Kier alpha value is -1.34. The normalized spacial score (nSPS) is 19.5. The summed E-state index contributed by atoms with van der Waals surface area (Å²) in [6.07, 6.45) is 10.1. The van der Waals surface area contributed by atoms with E-state index in [9.17, 15) is 5.11 Å². The largest absolute Gasteiger partial charge is 0.386 e. The molecule has 1 aliphatic rings. The quantitative estimate of drug-likeness (QED) is 0.779. The van der Waals surface area contributed by atoms with Crippen LogP contribution in [-0.2, 0) is 0 Å². The zero-order chi connectivity index (χ0) is 12.8. The van der Waals surface area contributed by atoms with Gasteiger partial charge in [-0.25, -0.2) is 0 Å². The van der Waals surface area contributed by atoms with E-state index in [-0.39, 0.29) is 0 Å². The topological polar surface area (TPSA) is 20.2 Å². The minimum Gasteiger partial charge on any atom is -0.386 e. The van der Waals surface area contributed by atoms with Crippen molar-refractivity contribution < 1.29 is 5.11 Å². The smallest absolute Gasteiger partial charge is 0.0833 e. The van der Waals surface area contributed by atoms with Crippen molar-refractivity contribution in [1.82, 2.24) is 0 Å². The lowest BCUT2D eigenvalue weighted by molar-refractivity contribution is 0.0517. The number of hydrogen-bond acceptors (Lipinski definition) is 1. The highest BCUT2D eigenvalue weighted by molar-refractivity contribution is 5.67. The van der Waals surface area contributed by atoms with Crippen LogP contribution in [0.4, 0.5) is 0 Å². The van der Waals surface area contributed by atoms with E-state index in [1.165, 1.54) is 17.6 Å². The summed E-state index contributed by atoms with van der Waals surface area (Å²) >= 11 is 0. The van der Waals surface area contributed by atoms with Crippen molar-refractivity contribution in [3.8, 4) is 0 Å². The van der Waals surface area contributed by atoms with Crippen LogP contribution >= 0.6 is 0 Å². The van der Waals surface area contributed by atoms with Crippen molar-refractivity contribution >= 4 is 5.57 Å². The SMILES string of the molecule is C=CC/C(=C\C1(O)CCCCC1)c1ccccc1. The van der Waals surface area contributed by atoms with Crippen molar-refractivity contribution in [3.63, 3.8) is 0 Å². The fraction of sp³-hybridized carbons (Fsp3) is 0.412. The third kappa shape index (κ3) is 3.33. The number of rotatable bonds is 4. The molecule has 1 aromatic rings. The third-order valence-corrected chi connectivity index (χ3v) is 3.67. The Morgan fingerprint density at radius 3 is 2.44 bits per heavy atom. The predicted molar refractivity (Wildman–Crippen MR) is 77.3 cm³/mol. The molecule has 1 nitrogen and oxygen atoms in total. The van der Waals surface area contributed by atoms with Gasteiger partial charge in [-0.3, -0.25) is 0 Å². The third-order valence-electron chi connectivity index (χ3n) is 3.67. The minimum absolute atomic E-state index is 0.605. The Morgan fingerprint density at radius 1 is 1.17 bits per heavy atom. The van der Waals surface area contributed by atoms with Gasteiger partial charge in [-0.1, -0.05) is 55.7 Å². The van der Waals surface area contributed by atoms with Crippen LogP contribution in [0.15, 0.2) is 49.1 Å². The molecule has 1 heteroatoms. The fourth-order valence-corrected chi connectivity index (χ4v) is 2.70. The first-order valence-corrected chi connectivity index (χ1v) is 6.84. The monoisotopic (exact) mass is 242 g/mol. The Balaban J connectivity index is 2.26. The molecule has 1 saturated carbocycles. The molecule has 0 aromatic heterocycles. The van der Waals surface area contributed by atoms with Crippen LogP contribution in [0.5, 0.6) is 0 Å². The van der Waals surface area contributed by atoms with E-state index < -0.39 is 5.60 Å². The molecular weight excluding hydrogens is 220 g/mol. The molecular formula is C17H22O. The Kier molecular flexibility index (Phi) is 4.38. The van der Waals surface area contributed by atoms with Gasteiger partial charge in [0.25, 0.3) is 0 Å². The Morgan fingerprint density at radius 2 is 1.83 bits per heavy atom. The van der Waals surface area contributed by atoms with Gasteiger partial charge in [0.15, 0.2) is 0 Å². The minimum atomic E-state index is -0.605. The van der Waals surface area contributed by atoms with Crippen LogP contribution in [0, 0.1) is 0 Å². The molecule has 96 valence electrons. The summed E-state index contributed by atoms with van der Waals surface area (Å²) in [5.41, 5.74) is 1.78. The molecule has 0 bridgehead atoms. The van der Waals surface area contributed by atoms with Crippen molar-refractivity contribution in [2.45, 2.75) is 44.1 Å². The van der Waals surface area contributed by atoms with Gasteiger partial charge in [-0.2, -0.15) is 0 Å².